The molecule has 128 valence electrons. The Morgan fingerprint density at radius 3 is 2.65 bits per heavy atom. The fourth-order valence-corrected chi connectivity index (χ4v) is 4.30. The molecular weight excluding hydrogens is 316 g/mol. The molecule has 0 bridgehead atoms. The number of carbonyl (C=O) groups is 1. The van der Waals surface area contributed by atoms with Crippen LogP contribution in [0.25, 0.3) is 0 Å². The molecule has 2 aliphatic heterocycles. The van der Waals surface area contributed by atoms with Gasteiger partial charge in [0.25, 0.3) is 5.91 Å². The van der Waals surface area contributed by atoms with E-state index in [-0.39, 0.29) is 18.6 Å². The molecule has 0 aliphatic carbocycles. The lowest BCUT2D eigenvalue weighted by molar-refractivity contribution is 0.0687. The molecule has 2 saturated heterocycles. The highest BCUT2D eigenvalue weighted by atomic mass is 32.1. The van der Waals surface area contributed by atoms with Crippen molar-refractivity contribution in [3.63, 3.8) is 0 Å². The summed E-state index contributed by atoms with van der Waals surface area (Å²) in [7, 11) is 0. The first-order valence-corrected chi connectivity index (χ1v) is 8.96. The number of thiazole rings is 1. The third-order valence-electron chi connectivity index (χ3n) is 4.88. The highest BCUT2D eigenvalue weighted by Crippen LogP contribution is 2.31. The van der Waals surface area contributed by atoms with Crippen LogP contribution in [0.15, 0.2) is 5.38 Å². The van der Waals surface area contributed by atoms with E-state index in [0.29, 0.717) is 11.6 Å². The summed E-state index contributed by atoms with van der Waals surface area (Å²) >= 11 is 1.42. The van der Waals surface area contributed by atoms with Gasteiger partial charge in [-0.15, -0.1) is 11.3 Å². The Balaban J connectivity index is 1.61. The van der Waals surface area contributed by atoms with E-state index >= 15 is 0 Å². The number of aliphatic hydroxyl groups excluding tert-OH is 2. The fraction of sp³-hybridized carbons (Fsp3) is 0.733. The number of primary amides is 1. The van der Waals surface area contributed by atoms with Crippen LogP contribution < -0.4 is 10.6 Å². The van der Waals surface area contributed by atoms with Crippen LogP contribution in [0.3, 0.4) is 0 Å². The normalized spacial score (nSPS) is 26.8. The average Bonchev–Trinajstić information content (AvgIpc) is 3.16. The second kappa shape index (κ2) is 7.12. The van der Waals surface area contributed by atoms with Gasteiger partial charge in [0.15, 0.2) is 5.13 Å². The number of amides is 1. The maximum atomic E-state index is 11.2. The third kappa shape index (κ3) is 3.82. The molecule has 0 spiro atoms. The van der Waals surface area contributed by atoms with Crippen molar-refractivity contribution in [3.05, 3.63) is 11.1 Å². The van der Waals surface area contributed by atoms with Crippen LogP contribution in [-0.2, 0) is 0 Å². The van der Waals surface area contributed by atoms with Gasteiger partial charge in [0, 0.05) is 50.6 Å². The minimum absolute atomic E-state index is 0.158. The third-order valence-corrected chi connectivity index (χ3v) is 5.78. The van der Waals surface area contributed by atoms with E-state index in [4.69, 9.17) is 5.73 Å². The number of anilines is 1. The first kappa shape index (κ1) is 16.6. The van der Waals surface area contributed by atoms with Crippen molar-refractivity contribution in [2.75, 3.05) is 44.2 Å². The zero-order valence-electron chi connectivity index (χ0n) is 13.1. The van der Waals surface area contributed by atoms with Crippen molar-refractivity contribution in [2.45, 2.75) is 18.9 Å². The van der Waals surface area contributed by atoms with Crippen molar-refractivity contribution in [2.24, 2.45) is 17.6 Å². The standard InChI is InChI=1S/C15H24N4O3S/c16-14(22)13-9-23-15(17-13)19-6-10(11(7-19)8-20)5-18-3-1-12(21)2-4-18/h9-12,20-21H,1-8H2,(H2,16,22)/t10-,11-/m1/s1. The maximum Gasteiger partial charge on any atom is 0.268 e. The van der Waals surface area contributed by atoms with E-state index in [0.717, 1.165) is 50.7 Å². The number of nitrogens with zero attached hydrogens (tertiary/aromatic N) is 3. The topological polar surface area (TPSA) is 103 Å². The summed E-state index contributed by atoms with van der Waals surface area (Å²) in [6.07, 6.45) is 1.49. The van der Waals surface area contributed by atoms with E-state index in [2.05, 4.69) is 14.8 Å². The van der Waals surface area contributed by atoms with Gasteiger partial charge in [0.05, 0.1) is 6.10 Å². The van der Waals surface area contributed by atoms with Crippen LogP contribution in [-0.4, -0.2) is 71.4 Å². The number of hydrogen-bond acceptors (Lipinski definition) is 7. The van der Waals surface area contributed by atoms with E-state index in [1.54, 1.807) is 5.38 Å². The summed E-state index contributed by atoms with van der Waals surface area (Å²) in [5, 5.41) is 21.8. The number of aliphatic hydroxyl groups is 2. The number of rotatable bonds is 5. The lowest BCUT2D eigenvalue weighted by atomic mass is 9.95. The molecule has 1 amide bonds. The van der Waals surface area contributed by atoms with E-state index in [1.165, 1.54) is 11.3 Å². The summed E-state index contributed by atoms with van der Waals surface area (Å²) < 4.78 is 0. The van der Waals surface area contributed by atoms with Crippen LogP contribution in [0.4, 0.5) is 5.13 Å². The number of hydrogen-bond donors (Lipinski definition) is 3. The van der Waals surface area contributed by atoms with Gasteiger partial charge in [-0.2, -0.15) is 0 Å². The van der Waals surface area contributed by atoms with Crippen molar-refractivity contribution < 1.29 is 15.0 Å². The molecule has 2 fully saturated rings. The second-order valence-corrected chi connectivity index (χ2v) is 7.36. The molecule has 4 N–H and O–H groups in total. The van der Waals surface area contributed by atoms with E-state index < -0.39 is 5.91 Å². The highest BCUT2D eigenvalue weighted by molar-refractivity contribution is 7.13. The summed E-state index contributed by atoms with van der Waals surface area (Å²) in [5.41, 5.74) is 5.57. The zero-order valence-corrected chi connectivity index (χ0v) is 13.9. The lowest BCUT2D eigenvalue weighted by Crippen LogP contribution is -2.40. The largest absolute Gasteiger partial charge is 0.396 e. The molecule has 0 radical (unpaired) electrons. The van der Waals surface area contributed by atoms with E-state index in [1.807, 2.05) is 0 Å². The number of carbonyl (C=O) groups excluding carboxylic acids is 1. The molecule has 8 heteroatoms. The van der Waals surface area contributed by atoms with Crippen molar-refractivity contribution in [3.8, 4) is 0 Å². The molecular formula is C15H24N4O3S. The monoisotopic (exact) mass is 340 g/mol. The minimum atomic E-state index is -0.506. The van der Waals surface area contributed by atoms with Crippen molar-refractivity contribution in [1.29, 1.82) is 0 Å². The van der Waals surface area contributed by atoms with Gasteiger partial charge in [0.2, 0.25) is 0 Å². The summed E-state index contributed by atoms with van der Waals surface area (Å²) in [6, 6.07) is 0. The first-order chi connectivity index (χ1) is 11.1. The molecule has 0 aromatic carbocycles. The predicted octanol–water partition coefficient (Wildman–Crippen LogP) is -0.257. The molecule has 1 aromatic rings. The number of aromatic nitrogens is 1. The Morgan fingerprint density at radius 2 is 2.04 bits per heavy atom. The van der Waals surface area contributed by atoms with Crippen molar-refractivity contribution in [1.82, 2.24) is 9.88 Å². The van der Waals surface area contributed by atoms with E-state index in [9.17, 15) is 15.0 Å². The van der Waals surface area contributed by atoms with Gasteiger partial charge in [-0.1, -0.05) is 0 Å². The highest BCUT2D eigenvalue weighted by Gasteiger charge is 2.35. The Kier molecular flexibility index (Phi) is 5.15. The quantitative estimate of drug-likeness (QED) is 0.683. The summed E-state index contributed by atoms with van der Waals surface area (Å²) in [6.45, 7) is 4.51. The molecule has 3 heterocycles. The van der Waals surface area contributed by atoms with Crippen LogP contribution in [0.1, 0.15) is 23.3 Å². The second-order valence-electron chi connectivity index (χ2n) is 6.52. The number of nitrogens with two attached hydrogens (primary N) is 1. The lowest BCUT2D eigenvalue weighted by Gasteiger charge is -2.32. The van der Waals surface area contributed by atoms with Crippen molar-refractivity contribution >= 4 is 22.4 Å². The molecule has 0 saturated carbocycles. The Bertz CT molecular complexity index is 545. The molecule has 23 heavy (non-hydrogen) atoms. The van der Waals surface area contributed by atoms with Crippen LogP contribution in [0, 0.1) is 11.8 Å². The molecule has 7 nitrogen and oxygen atoms in total. The molecule has 2 aliphatic rings. The smallest absolute Gasteiger partial charge is 0.268 e. The van der Waals surface area contributed by atoms with Gasteiger partial charge in [-0.05, 0) is 18.8 Å². The average molecular weight is 340 g/mol. The molecule has 1 aromatic heterocycles. The Hall–Kier alpha value is -1.22. The molecule has 0 unspecified atom stereocenters. The number of likely N-dealkylation sites (tertiary alicyclic amines) is 1. The Morgan fingerprint density at radius 1 is 1.35 bits per heavy atom. The zero-order chi connectivity index (χ0) is 16.4. The van der Waals surface area contributed by atoms with Crippen LogP contribution in [0.5, 0.6) is 0 Å². The van der Waals surface area contributed by atoms with Crippen LogP contribution in [0.2, 0.25) is 0 Å². The summed E-state index contributed by atoms with van der Waals surface area (Å²) in [5.74, 6) is 0.0766. The number of piperidine rings is 1. The predicted molar refractivity (Wildman–Crippen MR) is 88.6 cm³/mol. The SMILES string of the molecule is NC(=O)c1csc(N2C[C@@H](CN3CCC(O)CC3)[C@@H](CO)C2)n1. The summed E-state index contributed by atoms with van der Waals surface area (Å²) in [4.78, 5) is 20.0. The fourth-order valence-electron chi connectivity index (χ4n) is 3.46. The first-order valence-electron chi connectivity index (χ1n) is 8.08. The molecule has 3 rings (SSSR count). The van der Waals surface area contributed by atoms with Gasteiger partial charge in [0.1, 0.15) is 5.69 Å². The molecule has 2 atom stereocenters. The maximum absolute atomic E-state index is 11.2. The van der Waals surface area contributed by atoms with Gasteiger partial charge < -0.3 is 25.7 Å². The van der Waals surface area contributed by atoms with Gasteiger partial charge >= 0.3 is 0 Å². The van der Waals surface area contributed by atoms with Gasteiger partial charge in [-0.3, -0.25) is 4.79 Å². The Labute approximate surface area is 139 Å². The van der Waals surface area contributed by atoms with Crippen LogP contribution >= 0.6 is 11.3 Å². The van der Waals surface area contributed by atoms with Gasteiger partial charge in [-0.25, -0.2) is 4.98 Å². The minimum Gasteiger partial charge on any atom is -0.396 e.